The first-order valence-corrected chi connectivity index (χ1v) is 6.24. The number of likely N-dealkylation sites (tertiary alicyclic amines) is 1. The number of ether oxygens (including phenoxy) is 2. The minimum atomic E-state index is 0.198. The molecular weight excluding hydrogens is 204 g/mol. The first-order chi connectivity index (χ1) is 7.71. The molecule has 0 spiro atoms. The van der Waals surface area contributed by atoms with Gasteiger partial charge in [0.15, 0.2) is 0 Å². The molecule has 4 heteroatoms. The maximum Gasteiger partial charge on any atom is 0.0971 e. The van der Waals surface area contributed by atoms with Crippen LogP contribution in [0, 0.1) is 0 Å². The molecule has 16 heavy (non-hydrogen) atoms. The zero-order valence-corrected chi connectivity index (χ0v) is 10.8. The third-order valence-electron chi connectivity index (χ3n) is 3.32. The van der Waals surface area contributed by atoms with Crippen molar-refractivity contribution in [3.8, 4) is 0 Å². The number of nitrogens with two attached hydrogens (primary N) is 1. The Morgan fingerprint density at radius 3 is 2.25 bits per heavy atom. The van der Waals surface area contributed by atoms with E-state index in [1.165, 1.54) is 12.8 Å². The van der Waals surface area contributed by atoms with Crippen LogP contribution in [0.5, 0.6) is 0 Å². The summed E-state index contributed by atoms with van der Waals surface area (Å²) >= 11 is 0. The van der Waals surface area contributed by atoms with Gasteiger partial charge < -0.3 is 15.2 Å². The molecule has 0 aromatic carbocycles. The Hall–Kier alpha value is -0.160. The van der Waals surface area contributed by atoms with Crippen LogP contribution in [0.15, 0.2) is 0 Å². The van der Waals surface area contributed by atoms with E-state index in [0.717, 1.165) is 26.1 Å². The smallest absolute Gasteiger partial charge is 0.0971 e. The second-order valence-corrected chi connectivity index (χ2v) is 4.67. The molecule has 0 aromatic heterocycles. The first kappa shape index (κ1) is 13.9. The van der Waals surface area contributed by atoms with Gasteiger partial charge in [-0.3, -0.25) is 4.90 Å². The summed E-state index contributed by atoms with van der Waals surface area (Å²) in [6.45, 7) is 5.04. The van der Waals surface area contributed by atoms with Crippen LogP contribution in [0.2, 0.25) is 0 Å². The molecule has 3 unspecified atom stereocenters. The molecule has 0 amide bonds. The Labute approximate surface area is 99.1 Å². The largest absolute Gasteiger partial charge is 0.377 e. The van der Waals surface area contributed by atoms with Crippen LogP contribution in [0.3, 0.4) is 0 Å². The van der Waals surface area contributed by atoms with Gasteiger partial charge in [-0.05, 0) is 6.42 Å². The van der Waals surface area contributed by atoms with Gasteiger partial charge in [-0.15, -0.1) is 0 Å². The van der Waals surface area contributed by atoms with Crippen LogP contribution in [0.4, 0.5) is 0 Å². The highest BCUT2D eigenvalue weighted by atomic mass is 16.5. The molecule has 2 N–H and O–H groups in total. The summed E-state index contributed by atoms with van der Waals surface area (Å²) in [5.74, 6) is 0. The van der Waals surface area contributed by atoms with Gasteiger partial charge in [-0.25, -0.2) is 0 Å². The van der Waals surface area contributed by atoms with Crippen molar-refractivity contribution in [3.05, 3.63) is 0 Å². The lowest BCUT2D eigenvalue weighted by molar-refractivity contribution is -0.00461. The third kappa shape index (κ3) is 4.01. The molecule has 96 valence electrons. The van der Waals surface area contributed by atoms with Gasteiger partial charge in [0.05, 0.1) is 12.2 Å². The van der Waals surface area contributed by atoms with E-state index in [1.54, 1.807) is 14.2 Å². The summed E-state index contributed by atoms with van der Waals surface area (Å²) < 4.78 is 10.8. The fraction of sp³-hybridized carbons (Fsp3) is 1.00. The fourth-order valence-electron chi connectivity index (χ4n) is 2.31. The highest BCUT2D eigenvalue weighted by molar-refractivity contribution is 4.87. The summed E-state index contributed by atoms with van der Waals surface area (Å²) in [5, 5.41) is 0. The van der Waals surface area contributed by atoms with Gasteiger partial charge >= 0.3 is 0 Å². The minimum Gasteiger partial charge on any atom is -0.377 e. The molecule has 0 radical (unpaired) electrons. The molecule has 4 nitrogen and oxygen atoms in total. The van der Waals surface area contributed by atoms with Crippen LogP contribution >= 0.6 is 0 Å². The summed E-state index contributed by atoms with van der Waals surface area (Å²) in [7, 11) is 3.49. The molecule has 1 heterocycles. The van der Waals surface area contributed by atoms with Gasteiger partial charge in [-0.2, -0.15) is 0 Å². The zero-order valence-electron chi connectivity index (χ0n) is 10.8. The average molecular weight is 230 g/mol. The Morgan fingerprint density at radius 2 is 1.81 bits per heavy atom. The summed E-state index contributed by atoms with van der Waals surface area (Å²) in [6, 6.07) is 0.285. The molecule has 1 fully saturated rings. The quantitative estimate of drug-likeness (QED) is 0.704. The van der Waals surface area contributed by atoms with Crippen molar-refractivity contribution in [1.82, 2.24) is 4.90 Å². The van der Waals surface area contributed by atoms with Crippen LogP contribution < -0.4 is 5.73 Å². The Kier molecular flexibility index (Phi) is 6.28. The van der Waals surface area contributed by atoms with Crippen LogP contribution in [0.1, 0.15) is 26.2 Å². The van der Waals surface area contributed by atoms with E-state index in [-0.39, 0.29) is 18.2 Å². The number of rotatable bonds is 7. The van der Waals surface area contributed by atoms with Gasteiger partial charge in [0, 0.05) is 39.9 Å². The fourth-order valence-corrected chi connectivity index (χ4v) is 2.31. The minimum absolute atomic E-state index is 0.198. The number of nitrogens with zero attached hydrogens (tertiary/aromatic N) is 1. The highest BCUT2D eigenvalue weighted by Gasteiger charge is 2.33. The second-order valence-electron chi connectivity index (χ2n) is 4.67. The maximum absolute atomic E-state index is 6.09. The molecule has 0 aliphatic carbocycles. The van der Waals surface area contributed by atoms with Crippen molar-refractivity contribution >= 4 is 0 Å². The van der Waals surface area contributed by atoms with E-state index >= 15 is 0 Å². The zero-order chi connectivity index (χ0) is 12.0. The predicted octanol–water partition coefficient (Wildman–Crippen LogP) is 0.850. The molecule has 0 saturated carbocycles. The molecular formula is C12H26N2O2. The summed E-state index contributed by atoms with van der Waals surface area (Å²) in [5.41, 5.74) is 6.09. The standard InChI is InChI=1S/C12H26N2O2/c1-4-5-6-10(13)7-14-8-11(15-2)12(9-14)16-3/h10-12H,4-9,13H2,1-3H3. The van der Waals surface area contributed by atoms with E-state index in [4.69, 9.17) is 15.2 Å². The lowest BCUT2D eigenvalue weighted by atomic mass is 10.1. The Balaban J connectivity index is 2.28. The lowest BCUT2D eigenvalue weighted by Crippen LogP contribution is -2.37. The number of methoxy groups -OCH3 is 2. The lowest BCUT2D eigenvalue weighted by Gasteiger charge is -2.20. The third-order valence-corrected chi connectivity index (χ3v) is 3.32. The SMILES string of the molecule is CCCCC(N)CN1CC(OC)C(OC)C1. The van der Waals surface area contributed by atoms with Crippen LogP contribution in [-0.4, -0.2) is 57.0 Å². The van der Waals surface area contributed by atoms with Crippen molar-refractivity contribution in [2.24, 2.45) is 5.73 Å². The molecule has 1 aliphatic rings. The maximum atomic E-state index is 6.09. The molecule has 0 aromatic rings. The van der Waals surface area contributed by atoms with Crippen molar-refractivity contribution in [1.29, 1.82) is 0 Å². The number of unbranched alkanes of at least 4 members (excludes halogenated alkanes) is 1. The van der Waals surface area contributed by atoms with E-state index in [1.807, 2.05) is 0 Å². The van der Waals surface area contributed by atoms with E-state index < -0.39 is 0 Å². The highest BCUT2D eigenvalue weighted by Crippen LogP contribution is 2.16. The Bertz CT molecular complexity index is 178. The van der Waals surface area contributed by atoms with Crippen LogP contribution in [0.25, 0.3) is 0 Å². The summed E-state index contributed by atoms with van der Waals surface area (Å²) in [4.78, 5) is 2.35. The topological polar surface area (TPSA) is 47.7 Å². The molecule has 0 bridgehead atoms. The van der Waals surface area contributed by atoms with Crippen molar-refractivity contribution in [3.63, 3.8) is 0 Å². The first-order valence-electron chi connectivity index (χ1n) is 6.24. The van der Waals surface area contributed by atoms with Gasteiger partial charge in [0.25, 0.3) is 0 Å². The molecule has 1 saturated heterocycles. The van der Waals surface area contributed by atoms with Crippen molar-refractivity contribution in [2.45, 2.75) is 44.4 Å². The van der Waals surface area contributed by atoms with Gasteiger partial charge in [0.1, 0.15) is 0 Å². The predicted molar refractivity (Wildman–Crippen MR) is 65.5 cm³/mol. The normalized spacial score (nSPS) is 28.5. The summed E-state index contributed by atoms with van der Waals surface area (Å²) in [6.07, 6.45) is 3.94. The van der Waals surface area contributed by atoms with Crippen LogP contribution in [-0.2, 0) is 9.47 Å². The number of hydrogen-bond donors (Lipinski definition) is 1. The molecule has 3 atom stereocenters. The Morgan fingerprint density at radius 1 is 1.25 bits per heavy atom. The number of hydrogen-bond acceptors (Lipinski definition) is 4. The van der Waals surface area contributed by atoms with E-state index in [0.29, 0.717) is 0 Å². The molecule has 1 rings (SSSR count). The monoisotopic (exact) mass is 230 g/mol. The van der Waals surface area contributed by atoms with Gasteiger partial charge in [0.2, 0.25) is 0 Å². The average Bonchev–Trinajstić information content (AvgIpc) is 2.68. The van der Waals surface area contributed by atoms with Crippen molar-refractivity contribution in [2.75, 3.05) is 33.9 Å². The van der Waals surface area contributed by atoms with Crippen molar-refractivity contribution < 1.29 is 9.47 Å². The van der Waals surface area contributed by atoms with Gasteiger partial charge in [-0.1, -0.05) is 19.8 Å². The van der Waals surface area contributed by atoms with E-state index in [2.05, 4.69) is 11.8 Å². The van der Waals surface area contributed by atoms with E-state index in [9.17, 15) is 0 Å². The second kappa shape index (κ2) is 7.22. The molecule has 1 aliphatic heterocycles.